The lowest BCUT2D eigenvalue weighted by atomic mass is 9.96. The molecule has 1 unspecified atom stereocenters. The lowest BCUT2D eigenvalue weighted by Crippen LogP contribution is -2.36. The molecule has 2 heterocycles. The Labute approximate surface area is 279 Å². The SMILES string of the molecule is CCCC(C)Cc1ccc(C(=O)Nc2cccc(CCc3cc(NC(=O)c4ccc(N5CCOCC5)cc4)n(C(C)(C)C)n3)c2)cc1. The Morgan fingerprint density at radius 2 is 1.51 bits per heavy atom. The van der Waals surface area contributed by atoms with Crippen molar-refractivity contribution >= 4 is 29.0 Å². The highest BCUT2D eigenvalue weighted by Crippen LogP contribution is 2.24. The number of morpholine rings is 1. The lowest BCUT2D eigenvalue weighted by molar-refractivity contribution is 0.101. The molecule has 1 fully saturated rings. The molecule has 1 aromatic heterocycles. The van der Waals surface area contributed by atoms with Crippen LogP contribution in [0.1, 0.15) is 85.0 Å². The van der Waals surface area contributed by atoms with Crippen molar-refractivity contribution in [1.82, 2.24) is 9.78 Å². The monoisotopic (exact) mass is 635 g/mol. The number of aromatic nitrogens is 2. The highest BCUT2D eigenvalue weighted by atomic mass is 16.5. The Hall–Kier alpha value is -4.43. The molecule has 0 spiro atoms. The van der Waals surface area contributed by atoms with Crippen LogP contribution in [0.5, 0.6) is 0 Å². The van der Waals surface area contributed by atoms with Gasteiger partial charge in [0.25, 0.3) is 11.8 Å². The van der Waals surface area contributed by atoms with Crippen LogP contribution in [0.3, 0.4) is 0 Å². The summed E-state index contributed by atoms with van der Waals surface area (Å²) in [4.78, 5) is 28.5. The zero-order chi connectivity index (χ0) is 33.4. The van der Waals surface area contributed by atoms with Crippen LogP contribution in [0.2, 0.25) is 0 Å². The molecule has 1 aliphatic rings. The van der Waals surface area contributed by atoms with E-state index >= 15 is 0 Å². The molecule has 2 N–H and O–H groups in total. The Bertz CT molecular complexity index is 1630. The first-order chi connectivity index (χ1) is 22.6. The third kappa shape index (κ3) is 9.32. The summed E-state index contributed by atoms with van der Waals surface area (Å²) in [6.45, 7) is 13.9. The highest BCUT2D eigenvalue weighted by molar-refractivity contribution is 6.04. The summed E-state index contributed by atoms with van der Waals surface area (Å²) in [5.74, 6) is 1.02. The zero-order valence-electron chi connectivity index (χ0n) is 28.5. The summed E-state index contributed by atoms with van der Waals surface area (Å²) >= 11 is 0. The first kappa shape index (κ1) is 33.9. The van der Waals surface area contributed by atoms with Gasteiger partial charge in [-0.2, -0.15) is 5.10 Å². The Morgan fingerprint density at radius 3 is 2.17 bits per heavy atom. The van der Waals surface area contributed by atoms with Crippen molar-refractivity contribution in [1.29, 1.82) is 0 Å². The van der Waals surface area contributed by atoms with Gasteiger partial charge in [-0.25, -0.2) is 4.68 Å². The normalized spacial score (nSPS) is 14.1. The van der Waals surface area contributed by atoms with Gasteiger partial charge in [-0.3, -0.25) is 9.59 Å². The molecule has 5 rings (SSSR count). The van der Waals surface area contributed by atoms with Crippen LogP contribution in [0.15, 0.2) is 78.9 Å². The average molecular weight is 636 g/mol. The molecule has 248 valence electrons. The van der Waals surface area contributed by atoms with Gasteiger partial charge in [-0.15, -0.1) is 0 Å². The van der Waals surface area contributed by atoms with Gasteiger partial charge in [0.2, 0.25) is 0 Å². The maximum atomic E-state index is 13.3. The first-order valence-corrected chi connectivity index (χ1v) is 16.9. The predicted molar refractivity (Wildman–Crippen MR) is 191 cm³/mol. The fraction of sp³-hybridized carbons (Fsp3) is 0.410. The minimum absolute atomic E-state index is 0.115. The molecule has 4 aromatic rings. The van der Waals surface area contributed by atoms with Crippen molar-refractivity contribution in [2.75, 3.05) is 41.8 Å². The summed E-state index contributed by atoms with van der Waals surface area (Å²) in [6, 6.07) is 25.6. The fourth-order valence-corrected chi connectivity index (χ4v) is 6.06. The first-order valence-electron chi connectivity index (χ1n) is 16.9. The molecule has 2 amide bonds. The molecule has 0 saturated carbocycles. The van der Waals surface area contributed by atoms with Gasteiger partial charge >= 0.3 is 0 Å². The van der Waals surface area contributed by atoms with Crippen LogP contribution in [0, 0.1) is 5.92 Å². The van der Waals surface area contributed by atoms with E-state index in [1.54, 1.807) is 0 Å². The number of nitrogens with one attached hydrogen (secondary N) is 2. The maximum Gasteiger partial charge on any atom is 0.256 e. The smallest absolute Gasteiger partial charge is 0.256 e. The average Bonchev–Trinajstić information content (AvgIpc) is 3.48. The van der Waals surface area contributed by atoms with Crippen molar-refractivity contribution in [2.24, 2.45) is 5.92 Å². The maximum absolute atomic E-state index is 13.3. The van der Waals surface area contributed by atoms with Gasteiger partial charge in [0.05, 0.1) is 24.4 Å². The fourth-order valence-electron chi connectivity index (χ4n) is 6.06. The number of ether oxygens (including phenoxy) is 1. The van der Waals surface area contributed by atoms with E-state index in [2.05, 4.69) is 68.4 Å². The number of rotatable bonds is 12. The Balaban J connectivity index is 1.20. The number of hydrogen-bond donors (Lipinski definition) is 2. The second-order valence-corrected chi connectivity index (χ2v) is 13.7. The second kappa shape index (κ2) is 15.4. The van der Waals surface area contributed by atoms with E-state index < -0.39 is 0 Å². The highest BCUT2D eigenvalue weighted by Gasteiger charge is 2.22. The second-order valence-electron chi connectivity index (χ2n) is 13.7. The number of nitrogens with zero attached hydrogens (tertiary/aromatic N) is 3. The third-order valence-electron chi connectivity index (χ3n) is 8.58. The predicted octanol–water partition coefficient (Wildman–Crippen LogP) is 7.74. The summed E-state index contributed by atoms with van der Waals surface area (Å²) in [6.07, 6.45) is 4.86. The number of amides is 2. The van der Waals surface area contributed by atoms with Crippen LogP contribution in [-0.2, 0) is 29.5 Å². The van der Waals surface area contributed by atoms with Gasteiger partial charge in [-0.1, -0.05) is 51.0 Å². The lowest BCUT2D eigenvalue weighted by Gasteiger charge is -2.28. The molecule has 3 aromatic carbocycles. The number of aryl methyl sites for hydroxylation is 2. The van der Waals surface area contributed by atoms with Gasteiger partial charge in [0.15, 0.2) is 0 Å². The number of carbonyl (C=O) groups is 2. The van der Waals surface area contributed by atoms with Crippen LogP contribution in [0.4, 0.5) is 17.2 Å². The molecule has 1 aliphatic heterocycles. The number of anilines is 3. The van der Waals surface area contributed by atoms with Crippen LogP contribution < -0.4 is 15.5 Å². The third-order valence-corrected chi connectivity index (χ3v) is 8.58. The van der Waals surface area contributed by atoms with Gasteiger partial charge in [0, 0.05) is 41.7 Å². The van der Waals surface area contributed by atoms with Crippen molar-refractivity contribution in [3.8, 4) is 0 Å². The van der Waals surface area contributed by atoms with Crippen LogP contribution in [-0.4, -0.2) is 47.9 Å². The standard InChI is InChI=1S/C39H49N5O3/c1-6-8-28(2)25-30-11-14-31(15-12-30)37(45)40-33-10-7-9-29(26-33)13-18-34-27-36(44(42-34)39(3,4)5)41-38(46)32-16-19-35(20-17-32)43-21-23-47-24-22-43/h7,9-12,14-17,19-20,26-28H,6,8,13,18,21-25H2,1-5H3,(H,40,45)(H,41,46). The molecule has 47 heavy (non-hydrogen) atoms. The molecule has 1 saturated heterocycles. The van der Waals surface area contributed by atoms with Crippen LogP contribution in [0.25, 0.3) is 0 Å². The molecule has 0 bridgehead atoms. The molecule has 0 radical (unpaired) electrons. The Morgan fingerprint density at radius 1 is 0.851 bits per heavy atom. The van der Waals surface area contributed by atoms with E-state index in [9.17, 15) is 9.59 Å². The van der Waals surface area contributed by atoms with E-state index in [0.29, 0.717) is 29.3 Å². The van der Waals surface area contributed by atoms with E-state index in [0.717, 1.165) is 61.8 Å². The number of hydrogen-bond acceptors (Lipinski definition) is 5. The summed E-state index contributed by atoms with van der Waals surface area (Å²) in [7, 11) is 0. The zero-order valence-corrected chi connectivity index (χ0v) is 28.5. The van der Waals surface area contributed by atoms with Gasteiger partial charge < -0.3 is 20.3 Å². The van der Waals surface area contributed by atoms with Gasteiger partial charge in [0.1, 0.15) is 5.82 Å². The van der Waals surface area contributed by atoms with Gasteiger partial charge in [-0.05, 0) is 106 Å². The van der Waals surface area contributed by atoms with E-state index in [-0.39, 0.29) is 17.4 Å². The van der Waals surface area contributed by atoms with Crippen LogP contribution >= 0.6 is 0 Å². The van der Waals surface area contributed by atoms with Crippen molar-refractivity contribution in [3.63, 3.8) is 0 Å². The van der Waals surface area contributed by atoms with Crippen molar-refractivity contribution < 1.29 is 14.3 Å². The minimum Gasteiger partial charge on any atom is -0.378 e. The molecular formula is C39H49N5O3. The molecule has 1 atom stereocenters. The van der Waals surface area contributed by atoms with Crippen molar-refractivity contribution in [2.45, 2.75) is 72.3 Å². The van der Waals surface area contributed by atoms with E-state index in [4.69, 9.17) is 9.84 Å². The molecule has 8 heteroatoms. The van der Waals surface area contributed by atoms with Crippen molar-refractivity contribution in [3.05, 3.63) is 107 Å². The number of carbonyl (C=O) groups excluding carboxylic acids is 2. The van der Waals surface area contributed by atoms with E-state index in [1.165, 1.54) is 18.4 Å². The Kier molecular flexibility index (Phi) is 11.1. The molecule has 0 aliphatic carbocycles. The number of benzene rings is 3. The largest absolute Gasteiger partial charge is 0.378 e. The summed E-state index contributed by atoms with van der Waals surface area (Å²) < 4.78 is 7.34. The molecule has 8 nitrogen and oxygen atoms in total. The quantitative estimate of drug-likeness (QED) is 0.166. The minimum atomic E-state index is -0.322. The summed E-state index contributed by atoms with van der Waals surface area (Å²) in [5.41, 5.74) is 6.04. The van der Waals surface area contributed by atoms with E-state index in [1.807, 2.05) is 65.3 Å². The summed E-state index contributed by atoms with van der Waals surface area (Å²) in [5, 5.41) is 11.0. The topological polar surface area (TPSA) is 88.5 Å². The molecular weight excluding hydrogens is 586 g/mol.